The minimum Gasteiger partial charge on any atom is -0.325 e. The number of fused-ring (bicyclic) bond motifs is 1. The van der Waals surface area contributed by atoms with Gasteiger partial charge >= 0.3 is 0 Å². The van der Waals surface area contributed by atoms with Crippen LogP contribution in [0.1, 0.15) is 36.7 Å². The van der Waals surface area contributed by atoms with Crippen LogP contribution in [0.4, 0.5) is 5.69 Å². The number of rotatable bonds is 4. The molecule has 4 nitrogen and oxygen atoms in total. The lowest BCUT2D eigenvalue weighted by atomic mass is 10.1. The summed E-state index contributed by atoms with van der Waals surface area (Å²) in [4.78, 5) is 17.2. The molecule has 0 aliphatic rings. The Labute approximate surface area is 142 Å². The monoisotopic (exact) mass is 321 g/mol. The number of aryl methyl sites for hydroxylation is 2. The van der Waals surface area contributed by atoms with Crippen molar-refractivity contribution >= 4 is 22.6 Å². The standard InChI is InChI=1S/C20H23N3O/c1-13(2)20-22-17-7-5-6-8-18(17)23(20)12-19(24)21-16-10-9-14(3)15(4)11-16/h5-11,13H,12H2,1-4H3,(H,21,24). The van der Waals surface area contributed by atoms with Gasteiger partial charge in [-0.2, -0.15) is 0 Å². The molecule has 3 aromatic rings. The molecular formula is C20H23N3O. The summed E-state index contributed by atoms with van der Waals surface area (Å²) in [6, 6.07) is 13.9. The van der Waals surface area contributed by atoms with E-state index in [1.165, 1.54) is 11.1 Å². The van der Waals surface area contributed by atoms with Crippen LogP contribution >= 0.6 is 0 Å². The number of imidazole rings is 1. The van der Waals surface area contributed by atoms with Crippen molar-refractivity contribution in [2.45, 2.75) is 40.2 Å². The summed E-state index contributed by atoms with van der Waals surface area (Å²) in [6.45, 7) is 8.57. The van der Waals surface area contributed by atoms with Crippen LogP contribution in [0.2, 0.25) is 0 Å². The second-order valence-electron chi connectivity index (χ2n) is 6.55. The van der Waals surface area contributed by atoms with Crippen LogP contribution in [0.5, 0.6) is 0 Å². The van der Waals surface area contributed by atoms with E-state index in [1.807, 2.05) is 54.0 Å². The number of anilines is 1. The Morgan fingerprint density at radius 3 is 2.58 bits per heavy atom. The van der Waals surface area contributed by atoms with Crippen LogP contribution in [0, 0.1) is 13.8 Å². The number of hydrogen-bond donors (Lipinski definition) is 1. The number of nitrogens with one attached hydrogen (secondary N) is 1. The highest BCUT2D eigenvalue weighted by atomic mass is 16.1. The molecule has 0 radical (unpaired) electrons. The number of carbonyl (C=O) groups excluding carboxylic acids is 1. The van der Waals surface area contributed by atoms with E-state index in [0.717, 1.165) is 22.5 Å². The van der Waals surface area contributed by atoms with Gasteiger partial charge < -0.3 is 9.88 Å². The van der Waals surface area contributed by atoms with Crippen LogP contribution in [0.3, 0.4) is 0 Å². The van der Waals surface area contributed by atoms with Gasteiger partial charge in [0, 0.05) is 11.6 Å². The summed E-state index contributed by atoms with van der Waals surface area (Å²) in [5, 5.41) is 2.99. The first-order valence-corrected chi connectivity index (χ1v) is 8.28. The molecule has 0 unspecified atom stereocenters. The molecule has 0 spiro atoms. The lowest BCUT2D eigenvalue weighted by Gasteiger charge is -2.12. The Balaban J connectivity index is 1.87. The molecule has 24 heavy (non-hydrogen) atoms. The molecular weight excluding hydrogens is 298 g/mol. The Hall–Kier alpha value is -2.62. The van der Waals surface area contributed by atoms with E-state index in [4.69, 9.17) is 0 Å². The Bertz CT molecular complexity index is 893. The molecule has 1 heterocycles. The third kappa shape index (κ3) is 3.18. The minimum absolute atomic E-state index is 0.0386. The fourth-order valence-electron chi connectivity index (χ4n) is 2.86. The third-order valence-electron chi connectivity index (χ3n) is 4.29. The Kier molecular flexibility index (Phi) is 4.38. The molecule has 0 saturated heterocycles. The molecule has 3 rings (SSSR count). The molecule has 1 aromatic heterocycles. The van der Waals surface area contributed by atoms with Crippen LogP contribution in [-0.4, -0.2) is 15.5 Å². The summed E-state index contributed by atoms with van der Waals surface area (Å²) >= 11 is 0. The molecule has 0 fully saturated rings. The van der Waals surface area contributed by atoms with Crippen LogP contribution < -0.4 is 5.32 Å². The van der Waals surface area contributed by atoms with Crippen molar-refractivity contribution in [1.82, 2.24) is 9.55 Å². The molecule has 1 N–H and O–H groups in total. The molecule has 0 saturated carbocycles. The molecule has 0 bridgehead atoms. The molecule has 4 heteroatoms. The van der Waals surface area contributed by atoms with Crippen molar-refractivity contribution in [1.29, 1.82) is 0 Å². The topological polar surface area (TPSA) is 46.9 Å². The Morgan fingerprint density at radius 1 is 1.12 bits per heavy atom. The summed E-state index contributed by atoms with van der Waals surface area (Å²) in [5.74, 6) is 1.15. The number of para-hydroxylation sites is 2. The van der Waals surface area contributed by atoms with Crippen molar-refractivity contribution in [2.24, 2.45) is 0 Å². The van der Waals surface area contributed by atoms with Crippen LogP contribution in [-0.2, 0) is 11.3 Å². The smallest absolute Gasteiger partial charge is 0.244 e. The first-order chi connectivity index (χ1) is 11.5. The lowest BCUT2D eigenvalue weighted by Crippen LogP contribution is -2.20. The van der Waals surface area contributed by atoms with Crippen LogP contribution in [0.15, 0.2) is 42.5 Å². The van der Waals surface area contributed by atoms with Crippen molar-refractivity contribution in [3.05, 3.63) is 59.4 Å². The molecule has 1 amide bonds. The fraction of sp³-hybridized carbons (Fsp3) is 0.300. The van der Waals surface area contributed by atoms with E-state index in [2.05, 4.69) is 31.1 Å². The number of carbonyl (C=O) groups is 1. The number of aromatic nitrogens is 2. The first kappa shape index (κ1) is 16.2. The summed E-state index contributed by atoms with van der Waals surface area (Å²) in [5.41, 5.74) is 5.15. The summed E-state index contributed by atoms with van der Waals surface area (Å²) in [7, 11) is 0. The summed E-state index contributed by atoms with van der Waals surface area (Å²) in [6.07, 6.45) is 0. The zero-order valence-electron chi connectivity index (χ0n) is 14.6. The van der Waals surface area contributed by atoms with E-state index in [0.29, 0.717) is 0 Å². The number of amides is 1. The number of nitrogens with zero attached hydrogens (tertiary/aromatic N) is 2. The normalized spacial score (nSPS) is 11.2. The van der Waals surface area contributed by atoms with E-state index >= 15 is 0 Å². The highest BCUT2D eigenvalue weighted by Crippen LogP contribution is 2.22. The lowest BCUT2D eigenvalue weighted by molar-refractivity contribution is -0.116. The quantitative estimate of drug-likeness (QED) is 0.773. The predicted molar refractivity (Wildman–Crippen MR) is 98.4 cm³/mol. The zero-order chi connectivity index (χ0) is 17.3. The average Bonchev–Trinajstić information content (AvgIpc) is 2.90. The van der Waals surface area contributed by atoms with E-state index in [9.17, 15) is 4.79 Å². The van der Waals surface area contributed by atoms with Gasteiger partial charge in [-0.1, -0.05) is 32.0 Å². The SMILES string of the molecule is Cc1ccc(NC(=O)Cn2c(C(C)C)nc3ccccc32)cc1C. The number of hydrogen-bond acceptors (Lipinski definition) is 2. The van der Waals surface area contributed by atoms with Gasteiger partial charge in [-0.3, -0.25) is 4.79 Å². The van der Waals surface area contributed by atoms with Crippen molar-refractivity contribution in [3.8, 4) is 0 Å². The Morgan fingerprint density at radius 2 is 1.88 bits per heavy atom. The summed E-state index contributed by atoms with van der Waals surface area (Å²) < 4.78 is 2.01. The van der Waals surface area contributed by atoms with E-state index in [-0.39, 0.29) is 18.4 Å². The second-order valence-corrected chi connectivity index (χ2v) is 6.55. The van der Waals surface area contributed by atoms with Gasteiger partial charge in [0.05, 0.1) is 11.0 Å². The van der Waals surface area contributed by atoms with Gasteiger partial charge in [0.25, 0.3) is 0 Å². The van der Waals surface area contributed by atoms with Gasteiger partial charge in [-0.25, -0.2) is 4.98 Å². The van der Waals surface area contributed by atoms with Gasteiger partial charge in [0.1, 0.15) is 12.4 Å². The minimum atomic E-state index is -0.0386. The number of benzene rings is 2. The van der Waals surface area contributed by atoms with Crippen LogP contribution in [0.25, 0.3) is 11.0 Å². The highest BCUT2D eigenvalue weighted by Gasteiger charge is 2.16. The molecule has 0 atom stereocenters. The molecule has 0 aliphatic heterocycles. The zero-order valence-corrected chi connectivity index (χ0v) is 14.6. The third-order valence-corrected chi connectivity index (χ3v) is 4.29. The van der Waals surface area contributed by atoms with Gasteiger partial charge in [-0.05, 0) is 49.2 Å². The first-order valence-electron chi connectivity index (χ1n) is 8.28. The van der Waals surface area contributed by atoms with Crippen molar-refractivity contribution in [2.75, 3.05) is 5.32 Å². The fourth-order valence-corrected chi connectivity index (χ4v) is 2.86. The largest absolute Gasteiger partial charge is 0.325 e. The highest BCUT2D eigenvalue weighted by molar-refractivity contribution is 5.92. The van der Waals surface area contributed by atoms with Gasteiger partial charge in [0.2, 0.25) is 5.91 Å². The van der Waals surface area contributed by atoms with Gasteiger partial charge in [-0.15, -0.1) is 0 Å². The second kappa shape index (κ2) is 6.48. The van der Waals surface area contributed by atoms with E-state index in [1.54, 1.807) is 0 Å². The van der Waals surface area contributed by atoms with Crippen molar-refractivity contribution < 1.29 is 4.79 Å². The maximum Gasteiger partial charge on any atom is 0.244 e. The molecule has 0 aliphatic carbocycles. The van der Waals surface area contributed by atoms with Gasteiger partial charge in [0.15, 0.2) is 0 Å². The van der Waals surface area contributed by atoms with Crippen molar-refractivity contribution in [3.63, 3.8) is 0 Å². The maximum absolute atomic E-state index is 12.5. The average molecular weight is 321 g/mol. The van der Waals surface area contributed by atoms with E-state index < -0.39 is 0 Å². The maximum atomic E-state index is 12.5. The molecule has 2 aromatic carbocycles. The molecule has 124 valence electrons. The predicted octanol–water partition coefficient (Wildman–Crippen LogP) is 4.42.